The Balaban J connectivity index is 2.00. The topological polar surface area (TPSA) is 80.2 Å². The highest BCUT2D eigenvalue weighted by Gasteiger charge is 2.41. The van der Waals surface area contributed by atoms with E-state index in [2.05, 4.69) is 37.4 Å². The molecule has 7 nitrogen and oxygen atoms in total. The Morgan fingerprint density at radius 2 is 1.97 bits per heavy atom. The Bertz CT molecular complexity index is 1010. The fourth-order valence-electron chi connectivity index (χ4n) is 3.82. The molecule has 0 spiro atoms. The number of carbonyl (C=O) groups excluding carboxylic acids is 2. The molecule has 1 N–H and O–H groups in total. The first kappa shape index (κ1) is 25.1. The molecule has 0 fully saturated rings. The predicted molar refractivity (Wildman–Crippen MR) is 132 cm³/mol. The van der Waals surface area contributed by atoms with E-state index in [-0.39, 0.29) is 18.9 Å². The molecule has 3 rings (SSSR count). The van der Waals surface area contributed by atoms with Crippen molar-refractivity contribution in [1.82, 2.24) is 10.2 Å². The number of rotatable bonds is 9. The number of nitrogens with zero attached hydrogens (tertiary/aromatic N) is 2. The summed E-state index contributed by atoms with van der Waals surface area (Å²) in [6, 6.07) is 5.78. The average molecular weight is 472 g/mol. The number of hydrogen-bond donors (Lipinski definition) is 1. The minimum atomic E-state index is -0.424. The third kappa shape index (κ3) is 5.86. The molecule has 0 aromatic heterocycles. The van der Waals surface area contributed by atoms with Gasteiger partial charge in [-0.3, -0.25) is 4.79 Å². The van der Waals surface area contributed by atoms with Gasteiger partial charge in [0, 0.05) is 19.4 Å². The number of carbonyl (C=O) groups is 2. The number of fused-ring (bicyclic) bond motifs is 1. The number of amides is 1. The van der Waals surface area contributed by atoms with Crippen molar-refractivity contribution in [3.63, 3.8) is 0 Å². The van der Waals surface area contributed by atoms with Gasteiger partial charge < -0.3 is 19.7 Å². The average Bonchev–Trinajstić information content (AvgIpc) is 3.15. The summed E-state index contributed by atoms with van der Waals surface area (Å²) in [5, 5.41) is 5.70. The number of nitrogens with one attached hydrogen (secondary N) is 1. The molecule has 1 aromatic rings. The second kappa shape index (κ2) is 11.0. The number of hydrogen-bond acceptors (Lipinski definition) is 7. The normalized spacial score (nSPS) is 17.7. The Hall–Kier alpha value is -2.58. The molecule has 0 aliphatic carbocycles. The van der Waals surface area contributed by atoms with Crippen molar-refractivity contribution in [2.45, 2.75) is 47.1 Å². The number of allylic oxidation sites excluding steroid dienone is 1. The van der Waals surface area contributed by atoms with E-state index in [1.807, 2.05) is 31.1 Å². The number of ether oxygens (including phenoxy) is 2. The molecule has 1 aromatic carbocycles. The molecule has 0 radical (unpaired) electrons. The summed E-state index contributed by atoms with van der Waals surface area (Å²) < 4.78 is 10.6. The van der Waals surface area contributed by atoms with Gasteiger partial charge in [0.1, 0.15) is 6.61 Å². The molecule has 0 saturated carbocycles. The van der Waals surface area contributed by atoms with Crippen LogP contribution in [0.5, 0.6) is 0 Å². The van der Waals surface area contributed by atoms with Crippen LogP contribution in [0.1, 0.15) is 49.9 Å². The lowest BCUT2D eigenvalue weighted by Crippen LogP contribution is -2.38. The number of esters is 1. The maximum Gasteiger partial charge on any atom is 0.338 e. The second-order valence-electron chi connectivity index (χ2n) is 8.76. The number of benzene rings is 1. The van der Waals surface area contributed by atoms with E-state index in [1.54, 1.807) is 7.11 Å². The lowest BCUT2D eigenvalue weighted by atomic mass is 9.90. The van der Waals surface area contributed by atoms with Crippen LogP contribution < -0.4 is 5.32 Å². The third-order valence-electron chi connectivity index (χ3n) is 5.52. The molecule has 33 heavy (non-hydrogen) atoms. The van der Waals surface area contributed by atoms with E-state index in [0.29, 0.717) is 30.3 Å². The number of aliphatic imine (C=N–C) groups is 1. The summed E-state index contributed by atoms with van der Waals surface area (Å²) >= 11 is 1.48. The van der Waals surface area contributed by atoms with E-state index < -0.39 is 12.0 Å². The molecule has 2 aliphatic heterocycles. The van der Waals surface area contributed by atoms with E-state index in [9.17, 15) is 9.59 Å². The summed E-state index contributed by atoms with van der Waals surface area (Å²) in [4.78, 5) is 32.6. The van der Waals surface area contributed by atoms with E-state index in [0.717, 1.165) is 27.6 Å². The van der Waals surface area contributed by atoms with Crippen molar-refractivity contribution < 1.29 is 19.1 Å². The van der Waals surface area contributed by atoms with Gasteiger partial charge in [0.2, 0.25) is 5.91 Å². The fourth-order valence-corrected chi connectivity index (χ4v) is 4.78. The van der Waals surface area contributed by atoms with Crippen molar-refractivity contribution in [3.05, 3.63) is 57.3 Å². The molecule has 0 saturated heterocycles. The minimum Gasteiger partial charge on any atom is -0.460 e. The Labute approximate surface area is 200 Å². The summed E-state index contributed by atoms with van der Waals surface area (Å²) in [6.45, 7) is 11.1. The number of thioether (sulfide) groups is 1. The van der Waals surface area contributed by atoms with Crippen molar-refractivity contribution in [2.24, 2.45) is 10.9 Å². The standard InChI is InChI=1S/C25H33N3O4S/c1-15(2)13-26-21(29)12-19-14-33-25-27-18(5)22(24(30)32-10-9-31-6)23(28(19)25)20-11-16(3)7-8-17(20)4/h7-8,11,14-15,23H,9-10,12-13H2,1-6H3,(H,26,29)/t23-/m1/s1. The van der Waals surface area contributed by atoms with E-state index in [1.165, 1.54) is 11.8 Å². The maximum absolute atomic E-state index is 13.2. The van der Waals surface area contributed by atoms with Crippen LogP contribution in [0.4, 0.5) is 0 Å². The van der Waals surface area contributed by atoms with Gasteiger partial charge in [0.25, 0.3) is 0 Å². The van der Waals surface area contributed by atoms with Crippen LogP contribution in [0.3, 0.4) is 0 Å². The number of aryl methyl sites for hydroxylation is 2. The van der Waals surface area contributed by atoms with Crippen molar-refractivity contribution >= 4 is 28.8 Å². The SMILES string of the molecule is COCCOC(=O)C1=C(C)N=C2SC=C(CC(=O)NCC(C)C)N2[C@@H]1c1cc(C)ccc1C. The highest BCUT2D eigenvalue weighted by atomic mass is 32.2. The molecule has 178 valence electrons. The molecule has 2 aliphatic rings. The van der Waals surface area contributed by atoms with Crippen LogP contribution >= 0.6 is 11.8 Å². The third-order valence-corrected chi connectivity index (χ3v) is 6.41. The monoisotopic (exact) mass is 471 g/mol. The van der Waals surface area contributed by atoms with Crippen molar-refractivity contribution in [2.75, 3.05) is 26.9 Å². The van der Waals surface area contributed by atoms with Crippen LogP contribution in [0.15, 0.2) is 45.6 Å². The largest absolute Gasteiger partial charge is 0.460 e. The lowest BCUT2D eigenvalue weighted by Gasteiger charge is -2.37. The zero-order valence-corrected chi connectivity index (χ0v) is 21.0. The van der Waals surface area contributed by atoms with Crippen molar-refractivity contribution in [3.8, 4) is 0 Å². The zero-order chi connectivity index (χ0) is 24.1. The molecular formula is C25H33N3O4S. The molecule has 1 atom stereocenters. The highest BCUT2D eigenvalue weighted by molar-refractivity contribution is 8.16. The molecule has 0 unspecified atom stereocenters. The summed E-state index contributed by atoms with van der Waals surface area (Å²) in [7, 11) is 1.57. The Morgan fingerprint density at radius 3 is 2.67 bits per heavy atom. The maximum atomic E-state index is 13.2. The Morgan fingerprint density at radius 1 is 1.21 bits per heavy atom. The lowest BCUT2D eigenvalue weighted by molar-refractivity contribution is -0.141. The van der Waals surface area contributed by atoms with E-state index >= 15 is 0 Å². The number of methoxy groups -OCH3 is 1. The van der Waals surface area contributed by atoms with Gasteiger partial charge in [-0.1, -0.05) is 49.4 Å². The minimum absolute atomic E-state index is 0.0491. The molecule has 1 amide bonds. The van der Waals surface area contributed by atoms with Crippen LogP contribution in [-0.4, -0.2) is 48.8 Å². The smallest absolute Gasteiger partial charge is 0.338 e. The fraction of sp³-hybridized carbons (Fsp3) is 0.480. The molecule has 8 heteroatoms. The predicted octanol–water partition coefficient (Wildman–Crippen LogP) is 4.23. The molecule has 2 heterocycles. The van der Waals surface area contributed by atoms with Crippen LogP contribution in [0, 0.1) is 19.8 Å². The van der Waals surface area contributed by atoms with Crippen LogP contribution in [0.25, 0.3) is 0 Å². The van der Waals surface area contributed by atoms with Gasteiger partial charge in [-0.25, -0.2) is 9.79 Å². The van der Waals surface area contributed by atoms with Gasteiger partial charge in [-0.15, -0.1) is 0 Å². The molecular weight excluding hydrogens is 438 g/mol. The summed E-state index contributed by atoms with van der Waals surface area (Å²) in [5.41, 5.74) is 5.08. The van der Waals surface area contributed by atoms with E-state index in [4.69, 9.17) is 14.5 Å². The van der Waals surface area contributed by atoms with Crippen LogP contribution in [-0.2, 0) is 19.1 Å². The van der Waals surface area contributed by atoms with Gasteiger partial charge >= 0.3 is 5.97 Å². The second-order valence-corrected chi connectivity index (χ2v) is 9.59. The summed E-state index contributed by atoms with van der Waals surface area (Å²) in [5.74, 6) is -0.0967. The first-order chi connectivity index (χ1) is 15.7. The van der Waals surface area contributed by atoms with Crippen molar-refractivity contribution in [1.29, 1.82) is 0 Å². The first-order valence-electron chi connectivity index (χ1n) is 11.2. The van der Waals surface area contributed by atoms with Crippen LogP contribution in [0.2, 0.25) is 0 Å². The van der Waals surface area contributed by atoms with Gasteiger partial charge in [-0.2, -0.15) is 0 Å². The van der Waals surface area contributed by atoms with Gasteiger partial charge in [-0.05, 0) is 43.2 Å². The quantitative estimate of drug-likeness (QED) is 0.429. The van der Waals surface area contributed by atoms with Gasteiger partial charge in [0.15, 0.2) is 5.17 Å². The first-order valence-corrected chi connectivity index (χ1v) is 12.0. The number of amidine groups is 1. The summed E-state index contributed by atoms with van der Waals surface area (Å²) in [6.07, 6.45) is 0.213. The Kier molecular flexibility index (Phi) is 8.37. The molecule has 0 bridgehead atoms. The zero-order valence-electron chi connectivity index (χ0n) is 20.2. The highest BCUT2D eigenvalue weighted by Crippen LogP contribution is 2.45. The van der Waals surface area contributed by atoms with Gasteiger partial charge in [0.05, 0.1) is 30.3 Å².